The number of anilines is 1. The Hall–Kier alpha value is -2.02. The first-order valence-electron chi connectivity index (χ1n) is 5.17. The maximum absolute atomic E-state index is 13.6. The van der Waals surface area contributed by atoms with Gasteiger partial charge in [-0.15, -0.1) is 11.3 Å². The zero-order chi connectivity index (χ0) is 13.1. The number of thiazole rings is 1. The van der Waals surface area contributed by atoms with Crippen LogP contribution in [0.1, 0.15) is 18.7 Å². The smallest absolute Gasteiger partial charge is 0.295 e. The quantitative estimate of drug-likeness (QED) is 0.681. The topological polar surface area (TPSA) is 68.1 Å². The number of halogens is 1. The Bertz CT molecular complexity index is 559. The van der Waals surface area contributed by atoms with Gasteiger partial charge in [-0.1, -0.05) is 6.07 Å². The third-order valence-electron chi connectivity index (χ3n) is 2.44. The van der Waals surface area contributed by atoms with Crippen molar-refractivity contribution in [1.82, 2.24) is 4.98 Å². The highest BCUT2D eigenvalue weighted by Gasteiger charge is 2.20. The fraction of sp³-hybridized carbons (Fsp3) is 0.182. The lowest BCUT2D eigenvalue weighted by Gasteiger charge is -2.13. The van der Waals surface area contributed by atoms with Crippen LogP contribution in [0.15, 0.2) is 29.1 Å². The van der Waals surface area contributed by atoms with Crippen molar-refractivity contribution in [3.63, 3.8) is 0 Å². The molecule has 0 aliphatic rings. The van der Waals surface area contributed by atoms with Crippen molar-refractivity contribution in [2.24, 2.45) is 0 Å². The summed E-state index contributed by atoms with van der Waals surface area (Å²) in [7, 11) is 0. The number of para-hydroxylation sites is 1. The SMILES string of the molecule is CC(Nc1c(F)cccc1[N+](=O)[O-])c1cscn1. The number of hydrogen-bond donors (Lipinski definition) is 1. The fourth-order valence-electron chi connectivity index (χ4n) is 1.53. The molecular formula is C11H10FN3O2S. The van der Waals surface area contributed by atoms with Gasteiger partial charge in [-0.3, -0.25) is 10.1 Å². The van der Waals surface area contributed by atoms with Gasteiger partial charge in [-0.2, -0.15) is 0 Å². The first kappa shape index (κ1) is 12.4. The molecule has 0 aliphatic heterocycles. The minimum atomic E-state index is -0.647. The molecule has 1 N–H and O–H groups in total. The second-order valence-corrected chi connectivity index (χ2v) is 4.39. The highest BCUT2D eigenvalue weighted by atomic mass is 32.1. The standard InChI is InChI=1S/C11H10FN3O2S/c1-7(9-5-18-6-13-9)14-11-8(12)3-2-4-10(11)15(16)17/h2-7,14H,1H3. The molecule has 18 heavy (non-hydrogen) atoms. The molecule has 7 heteroatoms. The Morgan fingerprint density at radius 1 is 1.56 bits per heavy atom. The molecule has 0 aliphatic carbocycles. The summed E-state index contributed by atoms with van der Waals surface area (Å²) in [5, 5.41) is 15.4. The van der Waals surface area contributed by atoms with Crippen LogP contribution in [0, 0.1) is 15.9 Å². The Morgan fingerprint density at radius 3 is 2.94 bits per heavy atom. The Morgan fingerprint density at radius 2 is 2.33 bits per heavy atom. The second kappa shape index (κ2) is 5.09. The summed E-state index contributed by atoms with van der Waals surface area (Å²) in [6, 6.07) is 3.46. The molecule has 5 nitrogen and oxygen atoms in total. The maximum Gasteiger partial charge on any atom is 0.295 e. The molecular weight excluding hydrogens is 257 g/mol. The summed E-state index contributed by atoms with van der Waals surface area (Å²) >= 11 is 1.41. The molecule has 0 radical (unpaired) electrons. The molecule has 0 amide bonds. The Labute approximate surface area is 106 Å². The third kappa shape index (κ3) is 2.45. The van der Waals surface area contributed by atoms with Gasteiger partial charge in [0.1, 0.15) is 5.69 Å². The van der Waals surface area contributed by atoms with E-state index in [-0.39, 0.29) is 17.4 Å². The van der Waals surface area contributed by atoms with Crippen LogP contribution < -0.4 is 5.32 Å². The third-order valence-corrected chi connectivity index (χ3v) is 3.05. The van der Waals surface area contributed by atoms with Gasteiger partial charge in [0.25, 0.3) is 5.69 Å². The zero-order valence-electron chi connectivity index (χ0n) is 9.46. The van der Waals surface area contributed by atoms with Crippen LogP contribution >= 0.6 is 11.3 Å². The molecule has 0 saturated heterocycles. The molecule has 1 heterocycles. The molecule has 0 bridgehead atoms. The zero-order valence-corrected chi connectivity index (χ0v) is 10.3. The Kier molecular flexibility index (Phi) is 3.52. The van der Waals surface area contributed by atoms with Gasteiger partial charge in [0.05, 0.1) is 22.2 Å². The number of rotatable bonds is 4. The van der Waals surface area contributed by atoms with Gasteiger partial charge < -0.3 is 5.32 Å². The number of nitrogens with one attached hydrogen (secondary N) is 1. The van der Waals surface area contributed by atoms with Gasteiger partial charge in [-0.25, -0.2) is 9.37 Å². The molecule has 94 valence electrons. The van der Waals surface area contributed by atoms with E-state index in [2.05, 4.69) is 10.3 Å². The molecule has 1 aromatic heterocycles. The van der Waals surface area contributed by atoms with E-state index in [1.807, 2.05) is 5.38 Å². The molecule has 0 spiro atoms. The summed E-state index contributed by atoms with van der Waals surface area (Å²) in [5.41, 5.74) is 1.99. The summed E-state index contributed by atoms with van der Waals surface area (Å²) in [5.74, 6) is -0.647. The normalized spacial score (nSPS) is 12.1. The molecule has 2 aromatic rings. The molecule has 1 atom stereocenters. The number of hydrogen-bond acceptors (Lipinski definition) is 5. The lowest BCUT2D eigenvalue weighted by Crippen LogP contribution is -2.10. The number of nitro benzene ring substituents is 1. The van der Waals surface area contributed by atoms with Gasteiger partial charge in [0, 0.05) is 11.4 Å². The van der Waals surface area contributed by atoms with Gasteiger partial charge in [0.2, 0.25) is 0 Å². The summed E-state index contributed by atoms with van der Waals surface area (Å²) in [6.07, 6.45) is 0. The first-order valence-corrected chi connectivity index (χ1v) is 6.11. The maximum atomic E-state index is 13.6. The van der Waals surface area contributed by atoms with Gasteiger partial charge in [0.15, 0.2) is 5.82 Å². The summed E-state index contributed by atoms with van der Waals surface area (Å²) in [4.78, 5) is 14.3. The van der Waals surface area contributed by atoms with E-state index < -0.39 is 10.7 Å². The van der Waals surface area contributed by atoms with E-state index in [1.165, 1.54) is 29.5 Å². The van der Waals surface area contributed by atoms with E-state index in [9.17, 15) is 14.5 Å². The lowest BCUT2D eigenvalue weighted by molar-refractivity contribution is -0.384. The minimum Gasteiger partial charge on any atom is -0.369 e. The summed E-state index contributed by atoms with van der Waals surface area (Å²) < 4.78 is 13.6. The number of nitro groups is 1. The highest BCUT2D eigenvalue weighted by Crippen LogP contribution is 2.30. The van der Waals surface area contributed by atoms with Crippen LogP contribution in [0.2, 0.25) is 0 Å². The van der Waals surface area contributed by atoms with E-state index in [0.29, 0.717) is 0 Å². The van der Waals surface area contributed by atoms with Crippen LogP contribution in [-0.2, 0) is 0 Å². The molecule has 1 unspecified atom stereocenters. The number of nitrogens with zero attached hydrogens (tertiary/aromatic N) is 2. The Balaban J connectivity index is 2.31. The fourth-order valence-corrected chi connectivity index (χ4v) is 2.18. The number of aromatic nitrogens is 1. The van der Waals surface area contributed by atoms with Crippen molar-refractivity contribution in [3.05, 3.63) is 50.7 Å². The summed E-state index contributed by atoms with van der Waals surface area (Å²) in [6.45, 7) is 1.77. The molecule has 1 aromatic carbocycles. The van der Waals surface area contributed by atoms with Crippen LogP contribution in [0.3, 0.4) is 0 Å². The largest absolute Gasteiger partial charge is 0.369 e. The van der Waals surface area contributed by atoms with Crippen molar-refractivity contribution >= 4 is 22.7 Å². The van der Waals surface area contributed by atoms with E-state index in [1.54, 1.807) is 12.4 Å². The van der Waals surface area contributed by atoms with E-state index in [4.69, 9.17) is 0 Å². The average Bonchev–Trinajstić information content (AvgIpc) is 2.85. The van der Waals surface area contributed by atoms with E-state index in [0.717, 1.165) is 5.69 Å². The predicted molar refractivity (Wildman–Crippen MR) is 67.2 cm³/mol. The monoisotopic (exact) mass is 267 g/mol. The number of benzene rings is 1. The average molecular weight is 267 g/mol. The van der Waals surface area contributed by atoms with Crippen molar-refractivity contribution < 1.29 is 9.31 Å². The second-order valence-electron chi connectivity index (χ2n) is 3.67. The van der Waals surface area contributed by atoms with Crippen LogP contribution in [0.25, 0.3) is 0 Å². The van der Waals surface area contributed by atoms with Crippen molar-refractivity contribution in [2.75, 3.05) is 5.32 Å². The van der Waals surface area contributed by atoms with E-state index >= 15 is 0 Å². The van der Waals surface area contributed by atoms with Crippen LogP contribution in [-0.4, -0.2) is 9.91 Å². The van der Waals surface area contributed by atoms with Crippen molar-refractivity contribution in [3.8, 4) is 0 Å². The molecule has 0 fully saturated rings. The minimum absolute atomic E-state index is 0.108. The first-order chi connectivity index (χ1) is 8.59. The highest BCUT2D eigenvalue weighted by molar-refractivity contribution is 7.07. The van der Waals surface area contributed by atoms with Crippen molar-refractivity contribution in [2.45, 2.75) is 13.0 Å². The lowest BCUT2D eigenvalue weighted by atomic mass is 10.2. The van der Waals surface area contributed by atoms with Crippen molar-refractivity contribution in [1.29, 1.82) is 0 Å². The van der Waals surface area contributed by atoms with Crippen LogP contribution in [0.4, 0.5) is 15.8 Å². The molecule has 2 rings (SSSR count). The molecule has 0 saturated carbocycles. The van der Waals surface area contributed by atoms with Gasteiger partial charge >= 0.3 is 0 Å². The van der Waals surface area contributed by atoms with Gasteiger partial charge in [-0.05, 0) is 13.0 Å². The van der Waals surface area contributed by atoms with Crippen LogP contribution in [0.5, 0.6) is 0 Å². The predicted octanol–water partition coefficient (Wildman–Crippen LogP) is 3.36.